The van der Waals surface area contributed by atoms with Gasteiger partial charge in [0.25, 0.3) is 5.70 Å². The predicted octanol–water partition coefficient (Wildman–Crippen LogP) is 2.76. The molecule has 1 saturated carbocycles. The van der Waals surface area contributed by atoms with Gasteiger partial charge in [0.2, 0.25) is 0 Å². The van der Waals surface area contributed by atoms with Gasteiger partial charge in [-0.1, -0.05) is 12.1 Å². The van der Waals surface area contributed by atoms with Crippen molar-refractivity contribution in [2.45, 2.75) is 31.5 Å². The first kappa shape index (κ1) is 13.1. The van der Waals surface area contributed by atoms with Gasteiger partial charge in [-0.3, -0.25) is 0 Å². The molecule has 4 nitrogen and oxygen atoms in total. The van der Waals surface area contributed by atoms with Crippen molar-refractivity contribution in [3.8, 4) is 11.8 Å². The molecule has 0 heterocycles. The second-order valence-corrected chi connectivity index (χ2v) is 4.48. The van der Waals surface area contributed by atoms with Crippen LogP contribution in [0.4, 0.5) is 0 Å². The topological polar surface area (TPSA) is 57.6 Å². The maximum atomic E-state index is 9.68. The summed E-state index contributed by atoms with van der Waals surface area (Å²) in [5.41, 5.74) is 0.840. The minimum Gasteiger partial charge on any atom is -0.488 e. The highest BCUT2D eigenvalue weighted by Gasteiger charge is 2.26. The molecule has 1 aliphatic carbocycles. The maximum Gasteiger partial charge on any atom is 0.262 e. The summed E-state index contributed by atoms with van der Waals surface area (Å²) in [6.45, 7) is 6.80. The number of nitriles is 1. The smallest absolute Gasteiger partial charge is 0.262 e. The number of hydrogen-bond acceptors (Lipinski definition) is 3. The van der Waals surface area contributed by atoms with Crippen LogP contribution in [0.3, 0.4) is 0 Å². The number of allylic oxidation sites excluding steroid dienone is 1. The van der Waals surface area contributed by atoms with E-state index < -0.39 is 0 Å². The Morgan fingerprint density at radius 1 is 1.42 bits per heavy atom. The Hall–Kier alpha value is -2.30. The highest BCUT2D eigenvalue weighted by Crippen LogP contribution is 2.25. The third-order valence-electron chi connectivity index (χ3n) is 3.12. The molecule has 1 N–H and O–H groups in total. The van der Waals surface area contributed by atoms with Crippen molar-refractivity contribution in [2.75, 3.05) is 0 Å². The molecule has 1 aromatic carbocycles. The van der Waals surface area contributed by atoms with Crippen LogP contribution in [-0.2, 0) is 0 Å². The van der Waals surface area contributed by atoms with E-state index in [4.69, 9.17) is 16.6 Å². The highest BCUT2D eigenvalue weighted by atomic mass is 16.5. The van der Waals surface area contributed by atoms with Crippen molar-refractivity contribution >= 4 is 6.08 Å². The normalized spacial score (nSPS) is 22.6. The van der Waals surface area contributed by atoms with Crippen molar-refractivity contribution < 1.29 is 9.84 Å². The molecule has 0 radical (unpaired) electrons. The van der Waals surface area contributed by atoms with Crippen LogP contribution in [0.5, 0.6) is 5.75 Å². The van der Waals surface area contributed by atoms with E-state index in [0.29, 0.717) is 5.75 Å². The number of ether oxygens (including phenoxy) is 1. The summed E-state index contributed by atoms with van der Waals surface area (Å²) < 4.78 is 5.70. The molecule has 1 fully saturated rings. The van der Waals surface area contributed by atoms with Crippen molar-refractivity contribution in [1.82, 2.24) is 0 Å². The van der Waals surface area contributed by atoms with Gasteiger partial charge >= 0.3 is 0 Å². The lowest BCUT2D eigenvalue weighted by Crippen LogP contribution is -2.25. The first-order chi connectivity index (χ1) is 9.22. The number of hydrogen-bond donors (Lipinski definition) is 1. The van der Waals surface area contributed by atoms with E-state index in [-0.39, 0.29) is 17.9 Å². The molecular weight excluding hydrogens is 240 g/mol. The number of nitrogens with zero attached hydrogens (tertiary/aromatic N) is 2. The average Bonchev–Trinajstić information content (AvgIpc) is 2.83. The zero-order valence-corrected chi connectivity index (χ0v) is 10.4. The molecule has 0 saturated heterocycles. The first-order valence-corrected chi connectivity index (χ1v) is 6.17. The van der Waals surface area contributed by atoms with Crippen molar-refractivity contribution in [1.29, 1.82) is 5.26 Å². The lowest BCUT2D eigenvalue weighted by molar-refractivity contribution is 0.0604. The SMILES string of the molecule is [C-]#[N+]/C(C#N)=C\c1ccc(O[C@H]2CCC[C@H]2O)cc1. The van der Waals surface area contributed by atoms with E-state index in [2.05, 4.69) is 4.85 Å². The lowest BCUT2D eigenvalue weighted by Gasteiger charge is -2.17. The second-order valence-electron chi connectivity index (χ2n) is 4.48. The van der Waals surface area contributed by atoms with Crippen LogP contribution in [0.25, 0.3) is 10.9 Å². The van der Waals surface area contributed by atoms with E-state index in [1.165, 1.54) is 6.08 Å². The van der Waals surface area contributed by atoms with E-state index in [1.807, 2.05) is 6.07 Å². The number of aliphatic hydroxyl groups is 1. The minimum atomic E-state index is -0.383. The number of benzene rings is 1. The van der Waals surface area contributed by atoms with E-state index in [9.17, 15) is 5.11 Å². The van der Waals surface area contributed by atoms with Gasteiger partial charge < -0.3 is 9.84 Å². The van der Waals surface area contributed by atoms with Crippen LogP contribution < -0.4 is 4.74 Å². The summed E-state index contributed by atoms with van der Waals surface area (Å²) in [6.07, 6.45) is 3.68. The fourth-order valence-corrected chi connectivity index (χ4v) is 2.11. The molecule has 0 amide bonds. The molecule has 4 heteroatoms. The summed E-state index contributed by atoms with van der Waals surface area (Å²) in [7, 11) is 0. The van der Waals surface area contributed by atoms with Gasteiger partial charge in [0, 0.05) is 0 Å². The van der Waals surface area contributed by atoms with Gasteiger partial charge in [-0.25, -0.2) is 10.1 Å². The maximum absolute atomic E-state index is 9.68. The molecule has 19 heavy (non-hydrogen) atoms. The van der Waals surface area contributed by atoms with Crippen LogP contribution in [0.1, 0.15) is 24.8 Å². The zero-order chi connectivity index (χ0) is 13.7. The summed E-state index contributed by atoms with van der Waals surface area (Å²) in [5, 5.41) is 18.4. The van der Waals surface area contributed by atoms with Gasteiger partial charge in [-0.05, 0) is 43.0 Å². The fourth-order valence-electron chi connectivity index (χ4n) is 2.11. The lowest BCUT2D eigenvalue weighted by atomic mass is 10.2. The molecule has 0 unspecified atom stereocenters. The summed E-state index contributed by atoms with van der Waals surface area (Å²) in [4.78, 5) is 3.10. The van der Waals surface area contributed by atoms with Gasteiger partial charge in [0.1, 0.15) is 11.9 Å². The van der Waals surface area contributed by atoms with Crippen LogP contribution in [0.15, 0.2) is 30.0 Å². The molecule has 0 aromatic heterocycles. The van der Waals surface area contributed by atoms with E-state index in [1.54, 1.807) is 24.3 Å². The summed E-state index contributed by atoms with van der Waals surface area (Å²) in [5.74, 6) is 0.699. The van der Waals surface area contributed by atoms with E-state index in [0.717, 1.165) is 24.8 Å². The average molecular weight is 254 g/mol. The largest absolute Gasteiger partial charge is 0.488 e. The van der Waals surface area contributed by atoms with Crippen molar-refractivity contribution in [3.05, 3.63) is 46.9 Å². The Bertz CT molecular complexity index is 533. The molecule has 0 aliphatic heterocycles. The van der Waals surface area contributed by atoms with E-state index >= 15 is 0 Å². The summed E-state index contributed by atoms with van der Waals surface area (Å²) in [6, 6.07) is 8.98. The van der Waals surface area contributed by atoms with Crippen LogP contribution in [0.2, 0.25) is 0 Å². The van der Waals surface area contributed by atoms with Crippen molar-refractivity contribution in [3.63, 3.8) is 0 Å². The minimum absolute atomic E-state index is 0.0554. The van der Waals surface area contributed by atoms with Gasteiger partial charge in [0.05, 0.1) is 18.7 Å². The molecule has 2 atom stereocenters. The summed E-state index contributed by atoms with van der Waals surface area (Å²) >= 11 is 0. The standard InChI is InChI=1S/C15H14N2O2/c1-17-12(10-16)9-11-5-7-13(8-6-11)19-15-4-2-3-14(15)18/h5-9,14-15,18H,2-4H2/b12-9-/t14-,15+/m1/s1. The van der Waals surface area contributed by atoms with Crippen LogP contribution >= 0.6 is 0 Å². The quantitative estimate of drug-likeness (QED) is 0.666. The molecule has 2 rings (SSSR count). The number of rotatable bonds is 3. The van der Waals surface area contributed by atoms with Crippen LogP contribution in [0, 0.1) is 17.9 Å². The first-order valence-electron chi connectivity index (χ1n) is 6.17. The number of aliphatic hydroxyl groups excluding tert-OH is 1. The molecular formula is C15H14N2O2. The molecule has 0 bridgehead atoms. The molecule has 0 spiro atoms. The fraction of sp³-hybridized carbons (Fsp3) is 0.333. The Morgan fingerprint density at radius 2 is 2.16 bits per heavy atom. The molecule has 96 valence electrons. The molecule has 1 aromatic rings. The zero-order valence-electron chi connectivity index (χ0n) is 10.4. The molecule has 1 aliphatic rings. The van der Waals surface area contributed by atoms with Crippen LogP contribution in [-0.4, -0.2) is 17.3 Å². The predicted molar refractivity (Wildman–Crippen MR) is 70.9 cm³/mol. The Labute approximate surface area is 112 Å². The third kappa shape index (κ3) is 3.34. The van der Waals surface area contributed by atoms with Crippen molar-refractivity contribution in [2.24, 2.45) is 0 Å². The Balaban J connectivity index is 2.05. The highest BCUT2D eigenvalue weighted by molar-refractivity contribution is 5.59. The van der Waals surface area contributed by atoms with Gasteiger partial charge in [0.15, 0.2) is 0 Å². The Kier molecular flexibility index (Phi) is 4.18. The third-order valence-corrected chi connectivity index (χ3v) is 3.12. The van der Waals surface area contributed by atoms with Gasteiger partial charge in [-0.2, -0.15) is 0 Å². The van der Waals surface area contributed by atoms with Gasteiger partial charge in [-0.15, -0.1) is 0 Å². The monoisotopic (exact) mass is 254 g/mol. The second kappa shape index (κ2) is 6.04. The Morgan fingerprint density at radius 3 is 2.68 bits per heavy atom.